The fourth-order valence-corrected chi connectivity index (χ4v) is 4.02. The summed E-state index contributed by atoms with van der Waals surface area (Å²) < 4.78 is 33.7. The van der Waals surface area contributed by atoms with Gasteiger partial charge in [-0.1, -0.05) is 19.1 Å². The predicted molar refractivity (Wildman–Crippen MR) is 106 cm³/mol. The number of rotatable bonds is 4. The van der Waals surface area contributed by atoms with Crippen molar-refractivity contribution in [2.45, 2.75) is 32.1 Å². The molecule has 2 aromatic carbocycles. The van der Waals surface area contributed by atoms with Gasteiger partial charge in [-0.2, -0.15) is 0 Å². The van der Waals surface area contributed by atoms with E-state index >= 15 is 0 Å². The summed E-state index contributed by atoms with van der Waals surface area (Å²) in [6.45, 7) is 5.92. The fourth-order valence-electron chi connectivity index (χ4n) is 2.97. The first-order valence-corrected chi connectivity index (χ1v) is 10.3. The van der Waals surface area contributed by atoms with E-state index in [0.717, 1.165) is 12.0 Å². The van der Waals surface area contributed by atoms with Crippen LogP contribution in [0.3, 0.4) is 0 Å². The van der Waals surface area contributed by atoms with Crippen molar-refractivity contribution in [3.8, 4) is 5.75 Å². The molecule has 6 nitrogen and oxygen atoms in total. The van der Waals surface area contributed by atoms with E-state index in [4.69, 9.17) is 4.74 Å². The third-order valence-electron chi connectivity index (χ3n) is 4.69. The van der Waals surface area contributed by atoms with E-state index in [1.54, 1.807) is 49.5 Å². The highest BCUT2D eigenvalue weighted by atomic mass is 32.2. The molecule has 1 amide bonds. The van der Waals surface area contributed by atoms with E-state index in [1.807, 2.05) is 20.8 Å². The molecule has 1 N–H and O–H groups in total. The number of nitrogens with one attached hydrogen (secondary N) is 1. The van der Waals surface area contributed by atoms with Gasteiger partial charge in [0.1, 0.15) is 12.4 Å². The Morgan fingerprint density at radius 3 is 2.44 bits per heavy atom. The zero-order chi connectivity index (χ0) is 19.8. The minimum Gasteiger partial charge on any atom is -0.490 e. The summed E-state index contributed by atoms with van der Waals surface area (Å²) in [6.07, 6.45) is 0.843. The standard InChI is InChI=1S/C20H24N2O4S/c1-5-14-6-9-16(10-7-14)27(24,25)21-15-8-11-18-17(12-15)22(4)19(23)20(2,3)13-26-18/h6-12,21H,5,13H2,1-4H3. The highest BCUT2D eigenvalue weighted by Crippen LogP contribution is 2.37. The number of sulfonamides is 1. The Hall–Kier alpha value is -2.54. The van der Waals surface area contributed by atoms with Crippen LogP contribution in [0.1, 0.15) is 26.3 Å². The molecule has 1 heterocycles. The lowest BCUT2D eigenvalue weighted by molar-refractivity contribution is -0.127. The Bertz CT molecular complexity index is 966. The Morgan fingerprint density at radius 1 is 1.15 bits per heavy atom. The third kappa shape index (κ3) is 3.78. The Kier molecular flexibility index (Phi) is 4.90. The summed E-state index contributed by atoms with van der Waals surface area (Å²) in [7, 11) is -2.06. The van der Waals surface area contributed by atoms with Crippen molar-refractivity contribution >= 4 is 27.3 Å². The Morgan fingerprint density at radius 2 is 1.81 bits per heavy atom. The largest absolute Gasteiger partial charge is 0.490 e. The topological polar surface area (TPSA) is 75.7 Å². The SMILES string of the molecule is CCc1ccc(S(=O)(=O)Nc2ccc3c(c2)N(C)C(=O)C(C)(C)CO3)cc1. The Balaban J connectivity index is 1.91. The van der Waals surface area contributed by atoms with Crippen molar-refractivity contribution in [2.24, 2.45) is 5.41 Å². The molecule has 0 radical (unpaired) electrons. The third-order valence-corrected chi connectivity index (χ3v) is 6.08. The predicted octanol–water partition coefficient (Wildman–Crippen LogP) is 3.43. The highest BCUT2D eigenvalue weighted by molar-refractivity contribution is 7.92. The van der Waals surface area contributed by atoms with Crippen LogP contribution in [-0.2, 0) is 21.2 Å². The molecule has 144 valence electrons. The van der Waals surface area contributed by atoms with Crippen molar-refractivity contribution in [2.75, 3.05) is 23.3 Å². The molecule has 1 aliphatic heterocycles. The number of anilines is 2. The van der Waals surface area contributed by atoms with Crippen molar-refractivity contribution in [3.05, 3.63) is 48.0 Å². The van der Waals surface area contributed by atoms with Crippen LogP contribution in [0.15, 0.2) is 47.4 Å². The number of nitrogens with zero attached hydrogens (tertiary/aromatic N) is 1. The lowest BCUT2D eigenvalue weighted by Crippen LogP contribution is -2.39. The van der Waals surface area contributed by atoms with Gasteiger partial charge in [0.15, 0.2) is 0 Å². The quantitative estimate of drug-likeness (QED) is 0.871. The molecule has 0 saturated carbocycles. The number of aryl methyl sites for hydroxylation is 1. The summed E-state index contributed by atoms with van der Waals surface area (Å²) in [5, 5.41) is 0. The van der Waals surface area contributed by atoms with Crippen LogP contribution in [0.5, 0.6) is 5.75 Å². The normalized spacial score (nSPS) is 16.3. The number of fused-ring (bicyclic) bond motifs is 1. The number of carbonyl (C=O) groups is 1. The second kappa shape index (κ2) is 6.88. The number of ether oxygens (including phenoxy) is 1. The molecule has 2 aromatic rings. The van der Waals surface area contributed by atoms with Gasteiger partial charge in [0.2, 0.25) is 5.91 Å². The summed E-state index contributed by atoms with van der Waals surface area (Å²) >= 11 is 0. The molecule has 0 saturated heterocycles. The first-order valence-electron chi connectivity index (χ1n) is 8.81. The van der Waals surface area contributed by atoms with Crippen molar-refractivity contribution in [3.63, 3.8) is 0 Å². The highest BCUT2D eigenvalue weighted by Gasteiger charge is 2.36. The molecule has 0 spiro atoms. The maximum atomic E-state index is 12.7. The van der Waals surface area contributed by atoms with Gasteiger partial charge in [-0.15, -0.1) is 0 Å². The maximum Gasteiger partial charge on any atom is 0.261 e. The van der Waals surface area contributed by atoms with E-state index < -0.39 is 15.4 Å². The van der Waals surface area contributed by atoms with Gasteiger partial charge >= 0.3 is 0 Å². The van der Waals surface area contributed by atoms with Crippen LogP contribution < -0.4 is 14.4 Å². The van der Waals surface area contributed by atoms with Gasteiger partial charge in [-0.3, -0.25) is 9.52 Å². The molecule has 3 rings (SSSR count). The summed E-state index contributed by atoms with van der Waals surface area (Å²) in [6, 6.07) is 11.7. The molecule has 7 heteroatoms. The number of amides is 1. The van der Waals surface area contributed by atoms with Gasteiger partial charge in [-0.05, 0) is 56.2 Å². The fraction of sp³-hybridized carbons (Fsp3) is 0.350. The van der Waals surface area contributed by atoms with E-state index in [0.29, 0.717) is 17.1 Å². The van der Waals surface area contributed by atoms with Crippen LogP contribution in [0.4, 0.5) is 11.4 Å². The number of hydrogen-bond acceptors (Lipinski definition) is 4. The lowest BCUT2D eigenvalue weighted by Gasteiger charge is -2.24. The van der Waals surface area contributed by atoms with E-state index in [1.165, 1.54) is 4.90 Å². The molecule has 0 aromatic heterocycles. The average molecular weight is 388 g/mol. The second-order valence-corrected chi connectivity index (χ2v) is 9.00. The number of hydrogen-bond donors (Lipinski definition) is 1. The van der Waals surface area contributed by atoms with Gasteiger partial charge in [0.05, 0.1) is 21.7 Å². The lowest BCUT2D eigenvalue weighted by atomic mass is 9.93. The molecular formula is C20H24N2O4S. The number of carbonyl (C=O) groups excluding carboxylic acids is 1. The first-order chi connectivity index (χ1) is 12.6. The summed E-state index contributed by atoms with van der Waals surface area (Å²) in [5.41, 5.74) is 1.32. The van der Waals surface area contributed by atoms with Crippen molar-refractivity contribution < 1.29 is 17.9 Å². The van der Waals surface area contributed by atoms with E-state index in [9.17, 15) is 13.2 Å². The Labute approximate surface area is 160 Å². The molecule has 27 heavy (non-hydrogen) atoms. The van der Waals surface area contributed by atoms with Crippen LogP contribution in [0, 0.1) is 5.41 Å². The van der Waals surface area contributed by atoms with Crippen LogP contribution in [-0.4, -0.2) is 28.0 Å². The molecular weight excluding hydrogens is 364 g/mol. The second-order valence-electron chi connectivity index (χ2n) is 7.32. The minimum absolute atomic E-state index is 0.0867. The first kappa shape index (κ1) is 19.2. The zero-order valence-corrected chi connectivity index (χ0v) is 16.8. The zero-order valence-electron chi connectivity index (χ0n) is 15.9. The maximum absolute atomic E-state index is 12.7. The molecule has 1 aliphatic rings. The molecule has 0 fully saturated rings. The van der Waals surface area contributed by atoms with E-state index in [2.05, 4.69) is 4.72 Å². The molecule has 0 atom stereocenters. The van der Waals surface area contributed by atoms with Gasteiger partial charge < -0.3 is 9.64 Å². The van der Waals surface area contributed by atoms with Crippen molar-refractivity contribution in [1.82, 2.24) is 0 Å². The van der Waals surface area contributed by atoms with Gasteiger partial charge in [0, 0.05) is 7.05 Å². The van der Waals surface area contributed by atoms with Gasteiger partial charge in [-0.25, -0.2) is 8.42 Å². The van der Waals surface area contributed by atoms with Crippen LogP contribution in [0.25, 0.3) is 0 Å². The minimum atomic E-state index is -3.72. The van der Waals surface area contributed by atoms with Crippen LogP contribution >= 0.6 is 0 Å². The molecule has 0 aliphatic carbocycles. The van der Waals surface area contributed by atoms with E-state index in [-0.39, 0.29) is 17.4 Å². The average Bonchev–Trinajstić information content (AvgIpc) is 2.72. The monoisotopic (exact) mass is 388 g/mol. The number of benzene rings is 2. The van der Waals surface area contributed by atoms with Crippen molar-refractivity contribution in [1.29, 1.82) is 0 Å². The smallest absolute Gasteiger partial charge is 0.261 e. The van der Waals surface area contributed by atoms with Gasteiger partial charge in [0.25, 0.3) is 10.0 Å². The van der Waals surface area contributed by atoms with Crippen LogP contribution in [0.2, 0.25) is 0 Å². The summed E-state index contributed by atoms with van der Waals surface area (Å²) in [4.78, 5) is 14.3. The molecule has 0 unspecified atom stereocenters. The summed E-state index contributed by atoms with van der Waals surface area (Å²) in [5.74, 6) is 0.461. The molecule has 0 bridgehead atoms.